The number of para-hydroxylation sites is 1. The van der Waals surface area contributed by atoms with Crippen molar-refractivity contribution in [1.29, 1.82) is 0 Å². The summed E-state index contributed by atoms with van der Waals surface area (Å²) < 4.78 is 8.80. The lowest BCUT2D eigenvalue weighted by atomic mass is 10.1. The van der Waals surface area contributed by atoms with Crippen LogP contribution in [-0.4, -0.2) is 44.0 Å². The molecule has 2 heterocycles. The fourth-order valence-electron chi connectivity index (χ4n) is 2.80. The average molecular weight is 414 g/mol. The smallest absolute Gasteiger partial charge is 0.217 e. The Balaban J connectivity index is 1.35. The van der Waals surface area contributed by atoms with Gasteiger partial charge in [0.15, 0.2) is 10.9 Å². The molecule has 0 aliphatic heterocycles. The number of carbonyl (C=O) groups is 1. The molecule has 2 aromatic carbocycles. The van der Waals surface area contributed by atoms with E-state index in [-0.39, 0.29) is 12.4 Å². The minimum absolute atomic E-state index is 0.101. The first kappa shape index (κ1) is 18.9. The quantitative estimate of drug-likeness (QED) is 0.347. The van der Waals surface area contributed by atoms with Gasteiger partial charge in [0.05, 0.1) is 16.3 Å². The standard InChI is InChI=1S/C20H19N3O3S2/c1-2-17(25)13-7-9-15(10-8-13)26-11-14(24)12-27-19-21-22-20-23(19)16-5-3-4-6-18(16)28-20/h3-10,14,24H,2,11-12H2,1H3. The van der Waals surface area contributed by atoms with Crippen molar-refractivity contribution in [1.82, 2.24) is 14.6 Å². The highest BCUT2D eigenvalue weighted by Crippen LogP contribution is 2.29. The molecule has 144 valence electrons. The van der Waals surface area contributed by atoms with E-state index in [4.69, 9.17) is 4.74 Å². The summed E-state index contributed by atoms with van der Waals surface area (Å²) >= 11 is 3.04. The second kappa shape index (κ2) is 8.30. The largest absolute Gasteiger partial charge is 0.491 e. The number of nitrogens with zero attached hydrogens (tertiary/aromatic N) is 3. The molecule has 0 spiro atoms. The molecule has 1 unspecified atom stereocenters. The third-order valence-electron chi connectivity index (χ3n) is 4.26. The molecule has 0 saturated heterocycles. The third kappa shape index (κ3) is 3.89. The Morgan fingerprint density at radius 2 is 2.00 bits per heavy atom. The zero-order valence-corrected chi connectivity index (χ0v) is 16.9. The summed E-state index contributed by atoms with van der Waals surface area (Å²) in [6.07, 6.45) is -0.176. The highest BCUT2D eigenvalue weighted by Gasteiger charge is 2.15. The number of aliphatic hydroxyl groups excluding tert-OH is 1. The van der Waals surface area contributed by atoms with Crippen LogP contribution >= 0.6 is 23.1 Å². The number of fused-ring (bicyclic) bond motifs is 3. The average Bonchev–Trinajstić information content (AvgIpc) is 3.29. The van der Waals surface area contributed by atoms with Gasteiger partial charge in [0, 0.05) is 17.7 Å². The highest BCUT2D eigenvalue weighted by molar-refractivity contribution is 7.99. The van der Waals surface area contributed by atoms with E-state index in [9.17, 15) is 9.90 Å². The number of thioether (sulfide) groups is 1. The number of Topliss-reactive ketones (excluding diaryl/α,β-unsaturated/α-hetero) is 1. The van der Waals surface area contributed by atoms with E-state index in [0.717, 1.165) is 20.3 Å². The van der Waals surface area contributed by atoms with Crippen LogP contribution in [-0.2, 0) is 0 Å². The minimum Gasteiger partial charge on any atom is -0.491 e. The SMILES string of the molecule is CCC(=O)c1ccc(OCC(O)CSc2nnc3sc4ccccc4n23)cc1. The predicted octanol–water partition coefficient (Wildman–Crippen LogP) is 4.07. The zero-order chi connectivity index (χ0) is 19.5. The Labute approximate surface area is 170 Å². The van der Waals surface area contributed by atoms with Crippen molar-refractivity contribution >= 4 is 44.1 Å². The van der Waals surface area contributed by atoms with Crippen LogP contribution < -0.4 is 4.74 Å². The first-order valence-electron chi connectivity index (χ1n) is 8.95. The van der Waals surface area contributed by atoms with Gasteiger partial charge >= 0.3 is 0 Å². The maximum atomic E-state index is 11.6. The van der Waals surface area contributed by atoms with Crippen LogP contribution in [0.25, 0.3) is 15.2 Å². The van der Waals surface area contributed by atoms with E-state index < -0.39 is 6.10 Å². The number of aliphatic hydroxyl groups is 1. The predicted molar refractivity (Wildman–Crippen MR) is 112 cm³/mol. The molecule has 0 fully saturated rings. The lowest BCUT2D eigenvalue weighted by Gasteiger charge is -2.12. The van der Waals surface area contributed by atoms with Gasteiger partial charge in [-0.15, -0.1) is 10.2 Å². The summed E-state index contributed by atoms with van der Waals surface area (Å²) in [5, 5.41) is 19.5. The Morgan fingerprint density at radius 3 is 2.79 bits per heavy atom. The van der Waals surface area contributed by atoms with Gasteiger partial charge in [0.25, 0.3) is 0 Å². The van der Waals surface area contributed by atoms with Crippen LogP contribution in [0.3, 0.4) is 0 Å². The Hall–Kier alpha value is -2.42. The molecule has 0 saturated carbocycles. The number of carbonyl (C=O) groups excluding carboxylic acids is 1. The number of ketones is 1. The number of aromatic nitrogens is 3. The summed E-state index contributed by atoms with van der Waals surface area (Å²) in [5.74, 6) is 1.17. The molecule has 0 radical (unpaired) electrons. The van der Waals surface area contributed by atoms with Crippen molar-refractivity contribution in [3.63, 3.8) is 0 Å². The summed E-state index contributed by atoms with van der Waals surface area (Å²) in [5.41, 5.74) is 1.74. The lowest BCUT2D eigenvalue weighted by Crippen LogP contribution is -2.20. The van der Waals surface area contributed by atoms with E-state index in [1.165, 1.54) is 11.8 Å². The van der Waals surface area contributed by atoms with Gasteiger partial charge in [-0.25, -0.2) is 0 Å². The van der Waals surface area contributed by atoms with Crippen LogP contribution in [0.5, 0.6) is 5.75 Å². The summed E-state index contributed by atoms with van der Waals surface area (Å²) in [6, 6.07) is 15.1. The van der Waals surface area contributed by atoms with Crippen molar-refractivity contribution < 1.29 is 14.6 Å². The summed E-state index contributed by atoms with van der Waals surface area (Å²) in [7, 11) is 0. The van der Waals surface area contributed by atoms with Gasteiger partial charge in [-0.2, -0.15) is 0 Å². The molecule has 4 rings (SSSR count). The molecule has 1 N–H and O–H groups in total. The molecule has 4 aromatic rings. The van der Waals surface area contributed by atoms with Crippen molar-refractivity contribution in [3.8, 4) is 5.75 Å². The number of thiazole rings is 1. The van der Waals surface area contributed by atoms with Crippen LogP contribution in [0.2, 0.25) is 0 Å². The Bertz CT molecular complexity index is 1100. The molecule has 0 aliphatic carbocycles. The summed E-state index contributed by atoms with van der Waals surface area (Å²) in [6.45, 7) is 2.00. The van der Waals surface area contributed by atoms with E-state index >= 15 is 0 Å². The fourth-order valence-corrected chi connectivity index (χ4v) is 4.67. The van der Waals surface area contributed by atoms with Gasteiger partial charge in [0.1, 0.15) is 12.4 Å². The van der Waals surface area contributed by atoms with E-state index in [0.29, 0.717) is 23.5 Å². The number of hydrogen-bond acceptors (Lipinski definition) is 7. The number of hydrogen-bond donors (Lipinski definition) is 1. The number of ether oxygens (including phenoxy) is 1. The van der Waals surface area contributed by atoms with Crippen molar-refractivity contribution in [2.45, 2.75) is 24.6 Å². The van der Waals surface area contributed by atoms with Crippen LogP contribution in [0.15, 0.2) is 53.7 Å². The van der Waals surface area contributed by atoms with Gasteiger partial charge in [-0.05, 0) is 36.4 Å². The van der Waals surface area contributed by atoms with Crippen LogP contribution in [0.1, 0.15) is 23.7 Å². The van der Waals surface area contributed by atoms with Crippen molar-refractivity contribution in [2.24, 2.45) is 0 Å². The fraction of sp³-hybridized carbons (Fsp3) is 0.250. The van der Waals surface area contributed by atoms with Gasteiger partial charge in [-0.3, -0.25) is 9.20 Å². The first-order chi connectivity index (χ1) is 13.7. The first-order valence-corrected chi connectivity index (χ1v) is 10.8. The zero-order valence-electron chi connectivity index (χ0n) is 15.2. The maximum Gasteiger partial charge on any atom is 0.217 e. The topological polar surface area (TPSA) is 76.7 Å². The normalized spacial score (nSPS) is 12.5. The minimum atomic E-state index is -0.654. The monoisotopic (exact) mass is 413 g/mol. The van der Waals surface area contributed by atoms with E-state index in [1.54, 1.807) is 35.6 Å². The second-order valence-corrected chi connectivity index (χ2v) is 8.24. The third-order valence-corrected chi connectivity index (χ3v) is 6.34. The molecule has 6 nitrogen and oxygen atoms in total. The van der Waals surface area contributed by atoms with E-state index in [2.05, 4.69) is 16.3 Å². The molecule has 8 heteroatoms. The van der Waals surface area contributed by atoms with Gasteiger partial charge in [-0.1, -0.05) is 42.2 Å². The van der Waals surface area contributed by atoms with Gasteiger partial charge in [0.2, 0.25) is 4.96 Å². The molecule has 2 aromatic heterocycles. The summed E-state index contributed by atoms with van der Waals surface area (Å²) in [4.78, 5) is 12.5. The number of benzene rings is 2. The van der Waals surface area contributed by atoms with Crippen LogP contribution in [0, 0.1) is 0 Å². The maximum absolute atomic E-state index is 11.6. The highest BCUT2D eigenvalue weighted by atomic mass is 32.2. The molecule has 0 amide bonds. The molecular weight excluding hydrogens is 394 g/mol. The molecular formula is C20H19N3O3S2. The van der Waals surface area contributed by atoms with Crippen molar-refractivity contribution in [2.75, 3.05) is 12.4 Å². The molecule has 28 heavy (non-hydrogen) atoms. The second-order valence-electron chi connectivity index (χ2n) is 6.25. The van der Waals surface area contributed by atoms with Crippen LogP contribution in [0.4, 0.5) is 0 Å². The lowest BCUT2D eigenvalue weighted by molar-refractivity contribution is 0.0987. The molecule has 0 bridgehead atoms. The molecule has 1 atom stereocenters. The Morgan fingerprint density at radius 1 is 1.21 bits per heavy atom. The van der Waals surface area contributed by atoms with Gasteiger partial charge < -0.3 is 9.84 Å². The molecule has 0 aliphatic rings. The van der Waals surface area contributed by atoms with Crippen molar-refractivity contribution in [3.05, 3.63) is 54.1 Å². The number of rotatable bonds is 8. The van der Waals surface area contributed by atoms with E-state index in [1.807, 2.05) is 29.5 Å². The Kier molecular flexibility index (Phi) is 5.61.